The Labute approximate surface area is 844 Å². The fourth-order valence-electron chi connectivity index (χ4n) is 23.2. The van der Waals surface area contributed by atoms with Crippen molar-refractivity contribution in [2.75, 3.05) is 52.4 Å². The molecule has 0 radical (unpaired) electrons. The number of alkyl halides is 3. The van der Waals surface area contributed by atoms with Crippen LogP contribution in [-0.2, 0) is 64.8 Å². The van der Waals surface area contributed by atoms with Gasteiger partial charge in [0.2, 0.25) is 5.91 Å². The molecule has 8 aromatic heterocycles. The Kier molecular flexibility index (Phi) is 32.0. The Hall–Kier alpha value is -13.9. The summed E-state index contributed by atoms with van der Waals surface area (Å²) < 4.78 is 66.5. The molecule has 12 aromatic rings. The van der Waals surface area contributed by atoms with Crippen LogP contribution >= 0.6 is 0 Å². The number of carbonyl (C=O) groups excluding carboxylic acids is 5. The zero-order chi connectivity index (χ0) is 103. The predicted octanol–water partition coefficient (Wildman–Crippen LogP) is 23.9. The Morgan fingerprint density at radius 1 is 0.424 bits per heavy atom. The SMILES string of the molecule is C=C(C(C)C)N1CC[C@@H](c2cn(C)c3ncc(CC(=O)c4cccc(C#N)c4)c(C)c23)[C@@H](C)C1.C=C(C(C)C)N1CC[C@@H](c2cn(C)c3ncc(CC(=O)c4cccc(C#N)c4F)c(C(F)(F)F)c23)[C@@H](C)C1.C=C(C1CCCC1)N1CC[C@@H](c2cn(C)c3ncc(CC(=O)c4cccc(C#N)c4)c(C)c23)[C@@H](C)C1.Cc1c(CC(=O)c2cccc(C#N)c2)cnc2c1c([C@@H]1CCN(C(=O)C(C)C3CC3)C[C@@H]1C)cn2C. The number of likely N-dealkylation sites (tertiary alicyclic amines) is 4. The Bertz CT molecular complexity index is 6970. The van der Waals surface area contributed by atoms with Crippen LogP contribution in [0.15, 0.2) is 177 Å². The summed E-state index contributed by atoms with van der Waals surface area (Å²) in [7, 11) is 7.80. The van der Waals surface area contributed by atoms with E-state index in [1.54, 1.807) is 96.7 Å². The van der Waals surface area contributed by atoms with E-state index in [1.165, 1.54) is 95.6 Å². The first-order valence-corrected chi connectivity index (χ1v) is 51.0. The highest BCUT2D eigenvalue weighted by molar-refractivity contribution is 6.02. The number of amides is 1. The quantitative estimate of drug-likeness (QED) is 0.0402. The minimum atomic E-state index is -4.77. The number of nitriles is 4. The van der Waals surface area contributed by atoms with Crippen LogP contribution in [0.25, 0.3) is 44.1 Å². The molecule has 12 heterocycles. The second kappa shape index (κ2) is 44.1. The van der Waals surface area contributed by atoms with E-state index in [2.05, 4.69) is 185 Å². The van der Waals surface area contributed by atoms with Crippen molar-refractivity contribution >= 4 is 73.2 Å². The Morgan fingerprint density at radius 3 is 1.10 bits per heavy atom. The zero-order valence-electron chi connectivity index (χ0n) is 86.2. The maximum Gasteiger partial charge on any atom is 0.417 e. The first-order chi connectivity index (χ1) is 68.7. The number of rotatable bonds is 24. The zero-order valence-corrected chi connectivity index (χ0v) is 86.2. The van der Waals surface area contributed by atoms with Crippen LogP contribution in [-0.4, -0.2) is 139 Å². The molecule has 4 saturated heterocycles. The maximum atomic E-state index is 14.7. The average Bonchev–Trinajstić information content (AvgIpc) is 1.54. The number of pyridine rings is 4. The lowest BCUT2D eigenvalue weighted by atomic mass is 9.80. The van der Waals surface area contributed by atoms with Crippen LogP contribution in [0.2, 0.25) is 0 Å². The number of halogens is 4. The molecule has 1 unspecified atom stereocenters. The molecule has 4 aromatic carbocycles. The molecule has 0 bridgehead atoms. The Morgan fingerprint density at radius 2 is 0.750 bits per heavy atom. The van der Waals surface area contributed by atoms with Crippen molar-refractivity contribution in [1.82, 2.24) is 57.8 Å². The highest BCUT2D eigenvalue weighted by Gasteiger charge is 2.44. The second-order valence-corrected chi connectivity index (χ2v) is 42.2. The van der Waals surface area contributed by atoms with Gasteiger partial charge in [0.15, 0.2) is 29.0 Å². The molecule has 144 heavy (non-hydrogen) atoms. The number of benzene rings is 4. The standard InChI is InChI=1S/C31H36N4O.C30H34N4O2.C29H30F4N4O.C29H34N4O/c1-20-18-35(22(3)24-9-5-6-10-24)13-12-27(20)28-19-34(4)31-30(28)21(2)26(17-33-31)15-29(36)25-11-7-8-23(14-25)16-32;1-18-16-34(30(36)20(3)22-8-9-22)11-10-25(18)26-17-33(4)29-28(26)19(2)24(15-32-29)13-27(35)23-7-5-6-21(12-23)14-31;1-16(2)18(4)37-10-9-21(17(3)14-37)23-15-36(5)28-25(23)26(29(31,32)33)20(13-35-28)11-24(38)22-8-6-7-19(12-34)27(22)30;1-18(2)21(5)33-11-10-25(19(3)16-33)26-17-32(6)29-28(26)20(4)24(15-31-29)13-27(34)23-9-7-8-22(12-23)14-30/h7-8,11,14,17,19-20,24,27H,3,5-6,9-10,12-13,15,18H2,1-2,4H3;5-7,12,15,17-18,20,22,25H,8-11,13,16H2,1-4H3;6-8,13,15-17,21H,4,9-11,14H2,1-3,5H3;7-9,12,15,17-19,25H,5,10-11,13,16H2,1-4,6H3/t20-,27+;18-,20?,25+;17-,21+;19-,25+/m0000/s1. The molecule has 2 saturated carbocycles. The summed E-state index contributed by atoms with van der Waals surface area (Å²) in [6, 6.07) is 32.4. The maximum absolute atomic E-state index is 14.7. The van der Waals surface area contributed by atoms with Gasteiger partial charge in [0, 0.05) is 217 Å². The normalized spacial score (nSPS) is 19.5. The third-order valence-electron chi connectivity index (χ3n) is 31.9. The molecular weight excluding hydrogens is 1810 g/mol. The molecule has 0 spiro atoms. The lowest BCUT2D eigenvalue weighted by Crippen LogP contribution is -2.44. The highest BCUT2D eigenvalue weighted by Crippen LogP contribution is 2.49. The van der Waals surface area contributed by atoms with Crippen LogP contribution in [0, 0.1) is 125 Å². The van der Waals surface area contributed by atoms with Gasteiger partial charge in [0.05, 0.1) is 51.6 Å². The number of ketones is 4. The molecule has 0 N–H and O–H groups in total. The van der Waals surface area contributed by atoms with Crippen LogP contribution in [0.5, 0.6) is 0 Å². The molecule has 21 nitrogen and oxygen atoms in total. The lowest BCUT2D eigenvalue weighted by molar-refractivity contribution is -0.138. The van der Waals surface area contributed by atoms with Crippen molar-refractivity contribution in [3.63, 3.8) is 0 Å². The smallest absolute Gasteiger partial charge is 0.375 e. The Balaban J connectivity index is 0.000000145. The molecule has 6 aliphatic rings. The van der Waals surface area contributed by atoms with Gasteiger partial charge in [-0.3, -0.25) is 24.0 Å². The van der Waals surface area contributed by atoms with Crippen LogP contribution in [0.1, 0.15) is 281 Å². The molecule has 4 aliphatic heterocycles. The van der Waals surface area contributed by atoms with Crippen molar-refractivity contribution in [2.45, 2.75) is 203 Å². The van der Waals surface area contributed by atoms with Gasteiger partial charge in [-0.2, -0.15) is 34.2 Å². The summed E-state index contributed by atoms with van der Waals surface area (Å²) in [5.74, 6) is 3.08. The van der Waals surface area contributed by atoms with E-state index in [0.29, 0.717) is 118 Å². The summed E-state index contributed by atoms with van der Waals surface area (Å²) in [5, 5.41) is 40.1. The number of Topliss-reactive ketones (excluding diaryl/α,β-unsaturated/α-hetero) is 4. The summed E-state index contributed by atoms with van der Waals surface area (Å²) in [6.07, 6.45) is 21.7. The molecule has 2 aliphatic carbocycles. The van der Waals surface area contributed by atoms with Crippen molar-refractivity contribution in [1.29, 1.82) is 21.0 Å². The molecule has 18 rings (SSSR count). The first-order valence-electron chi connectivity index (χ1n) is 51.0. The van der Waals surface area contributed by atoms with E-state index < -0.39 is 35.3 Å². The second-order valence-electron chi connectivity index (χ2n) is 42.2. The number of aromatic nitrogens is 8. The molecular formula is C119H134F4N16O5. The van der Waals surface area contributed by atoms with Crippen LogP contribution < -0.4 is 0 Å². The summed E-state index contributed by atoms with van der Waals surface area (Å²) in [4.78, 5) is 93.0. The van der Waals surface area contributed by atoms with Gasteiger partial charge in [-0.25, -0.2) is 24.3 Å². The van der Waals surface area contributed by atoms with Gasteiger partial charge in [-0.05, 0) is 253 Å². The fourth-order valence-corrected chi connectivity index (χ4v) is 23.2. The van der Waals surface area contributed by atoms with Gasteiger partial charge in [0.1, 0.15) is 28.7 Å². The lowest BCUT2D eigenvalue weighted by Gasteiger charge is -2.40. The van der Waals surface area contributed by atoms with Gasteiger partial charge in [-0.1, -0.05) is 137 Å². The third kappa shape index (κ3) is 22.1. The fraction of sp³-hybridized carbons (Fsp3) is 0.437. The number of fused-ring (bicyclic) bond motifs is 4. The molecule has 6 fully saturated rings. The summed E-state index contributed by atoms with van der Waals surface area (Å²) in [5.41, 5.74) is 18.6. The van der Waals surface area contributed by atoms with E-state index in [-0.39, 0.29) is 82.4 Å². The number of hydrogen-bond acceptors (Lipinski definition) is 16. The molecule has 25 heteroatoms. The van der Waals surface area contributed by atoms with Gasteiger partial charge < -0.3 is 37.9 Å². The monoisotopic (exact) mass is 1940 g/mol. The number of hydrogen-bond donors (Lipinski definition) is 0. The third-order valence-corrected chi connectivity index (χ3v) is 31.9. The molecule has 9 atom stereocenters. The summed E-state index contributed by atoms with van der Waals surface area (Å²) >= 11 is 0. The van der Waals surface area contributed by atoms with E-state index in [1.807, 2.05) is 32.6 Å². The van der Waals surface area contributed by atoms with Crippen molar-refractivity contribution < 1.29 is 41.5 Å². The number of aryl methyl sites for hydroxylation is 7. The first kappa shape index (κ1) is 104. The van der Waals surface area contributed by atoms with E-state index in [0.717, 1.165) is 126 Å². The van der Waals surface area contributed by atoms with E-state index in [4.69, 9.17) is 25.5 Å². The van der Waals surface area contributed by atoms with Crippen molar-refractivity contribution in [2.24, 2.45) is 81.5 Å². The highest BCUT2D eigenvalue weighted by atomic mass is 19.4. The number of allylic oxidation sites excluding steroid dienone is 3. The average molecular weight is 1940 g/mol. The molecule has 1 amide bonds. The van der Waals surface area contributed by atoms with Gasteiger partial charge in [-0.15, -0.1) is 0 Å². The number of nitrogens with zero attached hydrogens (tertiary/aromatic N) is 16. The minimum Gasteiger partial charge on any atom is -0.375 e. The van der Waals surface area contributed by atoms with Crippen LogP contribution in [0.3, 0.4) is 0 Å². The minimum absolute atomic E-state index is 0.00713. The topological polar surface area (TPSA) is 265 Å². The number of piperidine rings is 4. The van der Waals surface area contributed by atoms with Gasteiger partial charge >= 0.3 is 6.18 Å². The summed E-state index contributed by atoms with van der Waals surface area (Å²) in [6.45, 7) is 46.0. The predicted molar refractivity (Wildman–Crippen MR) is 557 cm³/mol. The van der Waals surface area contributed by atoms with E-state index in [9.17, 15) is 52.1 Å². The van der Waals surface area contributed by atoms with Crippen LogP contribution in [0.4, 0.5) is 17.6 Å². The van der Waals surface area contributed by atoms with Gasteiger partial charge in [0.25, 0.3) is 0 Å². The van der Waals surface area contributed by atoms with Crippen molar-refractivity contribution in [3.05, 3.63) is 294 Å². The van der Waals surface area contributed by atoms with Crippen molar-refractivity contribution in [3.8, 4) is 24.3 Å². The molecule has 748 valence electrons. The van der Waals surface area contributed by atoms with E-state index >= 15 is 0 Å². The largest absolute Gasteiger partial charge is 0.417 e. The number of carbonyl (C=O) groups is 5.